The van der Waals surface area contributed by atoms with Gasteiger partial charge in [-0.1, -0.05) is 0 Å². The van der Waals surface area contributed by atoms with Gasteiger partial charge in [0.05, 0.1) is 0 Å². The molecule has 0 saturated heterocycles. The lowest BCUT2D eigenvalue weighted by Gasteiger charge is -2.07. The first-order valence-corrected chi connectivity index (χ1v) is 6.00. The molecular weight excluding hydrogens is 256 g/mol. The number of aryl methyl sites for hydroxylation is 1. The van der Waals surface area contributed by atoms with Gasteiger partial charge in [0.1, 0.15) is 23.5 Å². The normalized spacial score (nSPS) is 10.7. The Kier molecular flexibility index (Phi) is 2.83. The van der Waals surface area contributed by atoms with Gasteiger partial charge in [-0.2, -0.15) is 0 Å². The zero-order valence-corrected chi connectivity index (χ0v) is 10.8. The molecule has 2 heterocycles. The Bertz CT molecular complexity index is 795. The summed E-state index contributed by atoms with van der Waals surface area (Å²) in [6.45, 7) is 2.00. The Labute approximate surface area is 114 Å². The Hall–Kier alpha value is -2.89. The van der Waals surface area contributed by atoms with Crippen LogP contribution in [0.3, 0.4) is 0 Å². The predicted molar refractivity (Wildman–Crippen MR) is 74.9 cm³/mol. The molecule has 6 heteroatoms. The minimum Gasteiger partial charge on any atom is -0.438 e. The van der Waals surface area contributed by atoms with Crippen molar-refractivity contribution in [3.8, 4) is 11.6 Å². The standard InChI is InChI=1S/C14H12N4O2/c1-8-5-16-12-3-2-9(4-10(8)12)20-14-11(6-19)13(15)17-7-18-14/h2-7,16H,1H3,(H2,15,17,18). The number of nitrogens with two attached hydrogens (primary N) is 1. The van der Waals surface area contributed by atoms with Crippen molar-refractivity contribution < 1.29 is 9.53 Å². The first kappa shape index (κ1) is 12.2. The number of fused-ring (bicyclic) bond motifs is 1. The number of benzene rings is 1. The second-order valence-corrected chi connectivity index (χ2v) is 4.38. The van der Waals surface area contributed by atoms with Gasteiger partial charge >= 0.3 is 0 Å². The van der Waals surface area contributed by atoms with Gasteiger partial charge in [-0.15, -0.1) is 0 Å². The number of aromatic nitrogens is 3. The summed E-state index contributed by atoms with van der Waals surface area (Å²) in [5.74, 6) is 0.838. The van der Waals surface area contributed by atoms with Crippen molar-refractivity contribution >= 4 is 23.0 Å². The van der Waals surface area contributed by atoms with Crippen molar-refractivity contribution in [3.63, 3.8) is 0 Å². The molecule has 0 atom stereocenters. The molecule has 0 fully saturated rings. The molecule has 3 aromatic rings. The third kappa shape index (κ3) is 1.97. The van der Waals surface area contributed by atoms with E-state index in [1.807, 2.05) is 25.3 Å². The molecule has 20 heavy (non-hydrogen) atoms. The van der Waals surface area contributed by atoms with E-state index in [-0.39, 0.29) is 17.3 Å². The van der Waals surface area contributed by atoms with Gasteiger partial charge in [0, 0.05) is 17.1 Å². The molecule has 0 radical (unpaired) electrons. The van der Waals surface area contributed by atoms with Gasteiger partial charge in [0.15, 0.2) is 6.29 Å². The number of hydrogen-bond acceptors (Lipinski definition) is 5. The fourth-order valence-electron chi connectivity index (χ4n) is 2.00. The largest absolute Gasteiger partial charge is 0.438 e. The van der Waals surface area contributed by atoms with Crippen LogP contribution in [0.4, 0.5) is 5.82 Å². The fraction of sp³-hybridized carbons (Fsp3) is 0.0714. The number of hydrogen-bond donors (Lipinski definition) is 2. The van der Waals surface area contributed by atoms with Gasteiger partial charge < -0.3 is 15.5 Å². The van der Waals surface area contributed by atoms with Crippen molar-refractivity contribution in [2.75, 3.05) is 5.73 Å². The molecule has 0 amide bonds. The number of carbonyl (C=O) groups excluding carboxylic acids is 1. The highest BCUT2D eigenvalue weighted by Crippen LogP contribution is 2.28. The minimum atomic E-state index is 0.101. The molecule has 0 bridgehead atoms. The van der Waals surface area contributed by atoms with Crippen LogP contribution in [0.1, 0.15) is 15.9 Å². The predicted octanol–water partition coefficient (Wildman–Crippen LogP) is 2.45. The summed E-state index contributed by atoms with van der Waals surface area (Å²) in [4.78, 5) is 21.9. The Balaban J connectivity index is 2.03. The van der Waals surface area contributed by atoms with Crippen LogP contribution in [0.25, 0.3) is 10.9 Å². The monoisotopic (exact) mass is 268 g/mol. The quantitative estimate of drug-likeness (QED) is 0.711. The highest BCUT2D eigenvalue weighted by atomic mass is 16.5. The van der Waals surface area contributed by atoms with Gasteiger partial charge in [-0.25, -0.2) is 9.97 Å². The van der Waals surface area contributed by atoms with E-state index >= 15 is 0 Å². The van der Waals surface area contributed by atoms with Gasteiger partial charge in [-0.3, -0.25) is 4.79 Å². The topological polar surface area (TPSA) is 93.9 Å². The third-order valence-electron chi connectivity index (χ3n) is 3.07. The number of ether oxygens (including phenoxy) is 1. The molecule has 0 aliphatic heterocycles. The molecule has 0 aliphatic carbocycles. The molecule has 1 aromatic carbocycles. The molecule has 3 N–H and O–H groups in total. The van der Waals surface area contributed by atoms with Crippen LogP contribution >= 0.6 is 0 Å². The van der Waals surface area contributed by atoms with Gasteiger partial charge in [-0.05, 0) is 30.7 Å². The maximum atomic E-state index is 11.0. The molecule has 0 unspecified atom stereocenters. The molecule has 0 saturated carbocycles. The minimum absolute atomic E-state index is 0.101. The number of rotatable bonds is 3. The van der Waals surface area contributed by atoms with Crippen LogP contribution in [-0.4, -0.2) is 21.2 Å². The molecule has 100 valence electrons. The van der Waals surface area contributed by atoms with Crippen molar-refractivity contribution in [1.82, 2.24) is 15.0 Å². The Morgan fingerprint density at radius 3 is 3.00 bits per heavy atom. The maximum Gasteiger partial charge on any atom is 0.235 e. The van der Waals surface area contributed by atoms with Gasteiger partial charge in [0.2, 0.25) is 5.88 Å². The SMILES string of the molecule is Cc1c[nH]c2ccc(Oc3ncnc(N)c3C=O)cc12. The lowest BCUT2D eigenvalue weighted by Crippen LogP contribution is -2.01. The summed E-state index contributed by atoms with van der Waals surface area (Å²) in [6.07, 6.45) is 3.77. The second-order valence-electron chi connectivity index (χ2n) is 4.38. The summed E-state index contributed by atoms with van der Waals surface area (Å²) in [5.41, 5.74) is 7.90. The van der Waals surface area contributed by atoms with E-state index < -0.39 is 0 Å². The number of nitrogens with zero attached hydrogens (tertiary/aromatic N) is 2. The van der Waals surface area contributed by atoms with Crippen LogP contribution in [0.5, 0.6) is 11.6 Å². The summed E-state index contributed by atoms with van der Waals surface area (Å²) >= 11 is 0. The number of nitrogen functional groups attached to an aromatic ring is 1. The number of aromatic amines is 1. The molecule has 0 aliphatic rings. The van der Waals surface area contributed by atoms with Gasteiger partial charge in [0.25, 0.3) is 0 Å². The summed E-state index contributed by atoms with van der Waals surface area (Å²) in [7, 11) is 0. The third-order valence-corrected chi connectivity index (χ3v) is 3.07. The lowest BCUT2D eigenvalue weighted by atomic mass is 10.2. The van der Waals surface area contributed by atoms with Crippen LogP contribution in [0.15, 0.2) is 30.7 Å². The van der Waals surface area contributed by atoms with E-state index in [0.717, 1.165) is 16.5 Å². The second kappa shape index (κ2) is 4.65. The van der Waals surface area contributed by atoms with Crippen molar-refractivity contribution in [2.24, 2.45) is 0 Å². The van der Waals surface area contributed by atoms with E-state index in [9.17, 15) is 4.79 Å². The molecule has 2 aromatic heterocycles. The number of nitrogens with one attached hydrogen (secondary N) is 1. The highest BCUT2D eigenvalue weighted by Gasteiger charge is 2.11. The number of aldehydes is 1. The molecular formula is C14H12N4O2. The smallest absolute Gasteiger partial charge is 0.235 e. The average molecular weight is 268 g/mol. The van der Waals surface area contributed by atoms with Crippen molar-refractivity contribution in [3.05, 3.63) is 41.9 Å². The van der Waals surface area contributed by atoms with E-state index in [0.29, 0.717) is 12.0 Å². The van der Waals surface area contributed by atoms with Crippen LogP contribution in [-0.2, 0) is 0 Å². The highest BCUT2D eigenvalue weighted by molar-refractivity contribution is 5.86. The number of H-pyrrole nitrogens is 1. The van der Waals surface area contributed by atoms with E-state index in [2.05, 4.69) is 15.0 Å². The summed E-state index contributed by atoms with van der Waals surface area (Å²) in [6, 6.07) is 5.59. The van der Waals surface area contributed by atoms with E-state index in [1.165, 1.54) is 6.33 Å². The van der Waals surface area contributed by atoms with Crippen molar-refractivity contribution in [2.45, 2.75) is 6.92 Å². The number of anilines is 1. The number of carbonyl (C=O) groups is 1. The maximum absolute atomic E-state index is 11.0. The van der Waals surface area contributed by atoms with Crippen LogP contribution in [0, 0.1) is 6.92 Å². The van der Waals surface area contributed by atoms with Crippen LogP contribution in [0.2, 0.25) is 0 Å². The molecule has 6 nitrogen and oxygen atoms in total. The zero-order chi connectivity index (χ0) is 14.1. The summed E-state index contributed by atoms with van der Waals surface area (Å²) in [5, 5.41) is 1.05. The average Bonchev–Trinajstić information content (AvgIpc) is 2.81. The first-order valence-electron chi connectivity index (χ1n) is 6.00. The van der Waals surface area contributed by atoms with E-state index in [4.69, 9.17) is 10.5 Å². The Morgan fingerprint density at radius 2 is 2.20 bits per heavy atom. The fourth-order valence-corrected chi connectivity index (χ4v) is 2.00. The summed E-state index contributed by atoms with van der Waals surface area (Å²) < 4.78 is 5.64. The molecule has 0 spiro atoms. The van der Waals surface area contributed by atoms with Crippen LogP contribution < -0.4 is 10.5 Å². The van der Waals surface area contributed by atoms with E-state index in [1.54, 1.807) is 6.07 Å². The lowest BCUT2D eigenvalue weighted by molar-refractivity contribution is 0.112. The van der Waals surface area contributed by atoms with Crippen molar-refractivity contribution in [1.29, 1.82) is 0 Å². The Morgan fingerprint density at radius 1 is 1.35 bits per heavy atom. The first-order chi connectivity index (χ1) is 9.69. The zero-order valence-electron chi connectivity index (χ0n) is 10.8. The molecule has 3 rings (SSSR count).